The van der Waals surface area contributed by atoms with Crippen LogP contribution >= 0.6 is 11.8 Å². The van der Waals surface area contributed by atoms with Gasteiger partial charge in [-0.25, -0.2) is 0 Å². The smallest absolute Gasteiger partial charge is 0.326 e. The predicted molar refractivity (Wildman–Crippen MR) is 78.3 cm³/mol. The fourth-order valence-electron chi connectivity index (χ4n) is 1.62. The van der Waals surface area contributed by atoms with Gasteiger partial charge in [0, 0.05) is 12.3 Å². The van der Waals surface area contributed by atoms with E-state index in [2.05, 4.69) is 5.32 Å². The second kappa shape index (κ2) is 7.78. The van der Waals surface area contributed by atoms with Crippen LogP contribution in [-0.2, 0) is 16.1 Å². The molecule has 0 aliphatic carbocycles. The molecule has 1 atom stereocenters. The fraction of sp³-hybridized carbons (Fsp3) is 0.429. The van der Waals surface area contributed by atoms with Gasteiger partial charge in [-0.1, -0.05) is 12.1 Å². The van der Waals surface area contributed by atoms with E-state index >= 15 is 0 Å². The Kier molecular flexibility index (Phi) is 6.36. The zero-order valence-electron chi connectivity index (χ0n) is 11.8. The number of benzene rings is 1. The molecule has 0 radical (unpaired) electrons. The highest BCUT2D eigenvalue weighted by Crippen LogP contribution is 2.16. The molecule has 0 saturated heterocycles. The Morgan fingerprint density at radius 1 is 1.40 bits per heavy atom. The number of carbonyl (C=O) groups excluding carboxylic acids is 1. The van der Waals surface area contributed by atoms with Crippen LogP contribution in [0.25, 0.3) is 0 Å². The van der Waals surface area contributed by atoms with Gasteiger partial charge in [-0.05, 0) is 36.4 Å². The summed E-state index contributed by atoms with van der Waals surface area (Å²) in [5.41, 5.74) is 0.123. The minimum absolute atomic E-state index is 0.326. The highest BCUT2D eigenvalue weighted by Gasteiger charge is 2.33. The zero-order chi connectivity index (χ0) is 15.0. The lowest BCUT2D eigenvalue weighted by molar-refractivity contribution is -0.146. The van der Waals surface area contributed by atoms with Gasteiger partial charge in [-0.3, -0.25) is 10.1 Å². The molecule has 1 aromatic carbocycles. The van der Waals surface area contributed by atoms with Crippen LogP contribution in [0.1, 0.15) is 12.5 Å². The third-order valence-electron chi connectivity index (χ3n) is 2.90. The van der Waals surface area contributed by atoms with Gasteiger partial charge in [0.1, 0.15) is 16.7 Å². The van der Waals surface area contributed by atoms with Crippen LogP contribution in [0.4, 0.5) is 0 Å². The molecule has 20 heavy (non-hydrogen) atoms. The van der Waals surface area contributed by atoms with Gasteiger partial charge in [-0.15, -0.1) is 0 Å². The van der Waals surface area contributed by atoms with E-state index in [0.717, 1.165) is 23.1 Å². The number of hydrogen-bond acceptors (Lipinski definition) is 6. The summed E-state index contributed by atoms with van der Waals surface area (Å²) in [7, 11) is 2.95. The first-order chi connectivity index (χ1) is 9.55. The maximum atomic E-state index is 11.8. The Bertz CT molecular complexity index is 484. The lowest BCUT2D eigenvalue weighted by Gasteiger charge is -2.26. The summed E-state index contributed by atoms with van der Waals surface area (Å²) in [5, 5.41) is 13.8. The highest BCUT2D eigenvalue weighted by molar-refractivity contribution is 8.03. The van der Waals surface area contributed by atoms with E-state index in [9.17, 15) is 4.79 Å². The third kappa shape index (κ3) is 4.44. The quantitative estimate of drug-likeness (QED) is 0.612. The normalized spacial score (nSPS) is 13.1. The van der Waals surface area contributed by atoms with Gasteiger partial charge >= 0.3 is 5.97 Å². The second-order valence-corrected chi connectivity index (χ2v) is 5.17. The molecule has 0 fully saturated rings. The standard InChI is InChI=1S/C14H18N2O3S/c1-14(9-20-10-15,13(17)19-3)16-8-11-4-6-12(18-2)7-5-11/h4-7,16H,8-9H2,1-3H3/t14-/m0/s1. The van der Waals surface area contributed by atoms with Gasteiger partial charge in [0.25, 0.3) is 0 Å². The molecule has 0 aliphatic rings. The third-order valence-corrected chi connectivity index (χ3v) is 3.75. The molecule has 1 N–H and O–H groups in total. The molecule has 6 heteroatoms. The van der Waals surface area contributed by atoms with E-state index < -0.39 is 5.54 Å². The van der Waals surface area contributed by atoms with Crippen molar-refractivity contribution in [3.8, 4) is 11.2 Å². The summed E-state index contributed by atoms with van der Waals surface area (Å²) in [5.74, 6) is 0.727. The first-order valence-electron chi connectivity index (χ1n) is 6.03. The molecule has 1 rings (SSSR count). The number of thiocyanates is 1. The molecular weight excluding hydrogens is 276 g/mol. The molecule has 1 aromatic rings. The van der Waals surface area contributed by atoms with Crippen LogP contribution in [0, 0.1) is 10.7 Å². The van der Waals surface area contributed by atoms with Crippen molar-refractivity contribution in [2.75, 3.05) is 20.0 Å². The Labute approximate surface area is 123 Å². The van der Waals surface area contributed by atoms with Gasteiger partial charge in [0.05, 0.1) is 14.2 Å². The molecule has 0 spiro atoms. The number of esters is 1. The molecule has 0 aliphatic heterocycles. The number of nitrogens with zero attached hydrogens (tertiary/aromatic N) is 1. The summed E-state index contributed by atoms with van der Waals surface area (Å²) < 4.78 is 9.88. The van der Waals surface area contributed by atoms with Crippen molar-refractivity contribution in [2.24, 2.45) is 0 Å². The van der Waals surface area contributed by atoms with Gasteiger partial charge in [0.2, 0.25) is 0 Å². The van der Waals surface area contributed by atoms with Gasteiger partial charge < -0.3 is 9.47 Å². The number of rotatable bonds is 7. The molecule has 0 saturated carbocycles. The van der Waals surface area contributed by atoms with E-state index in [4.69, 9.17) is 14.7 Å². The summed E-state index contributed by atoms with van der Waals surface area (Å²) >= 11 is 1.02. The molecular formula is C14H18N2O3S. The Hall–Kier alpha value is -1.71. The van der Waals surface area contributed by atoms with Crippen molar-refractivity contribution in [3.63, 3.8) is 0 Å². The molecule has 5 nitrogen and oxygen atoms in total. The van der Waals surface area contributed by atoms with Crippen LogP contribution in [0.3, 0.4) is 0 Å². The van der Waals surface area contributed by atoms with Gasteiger partial charge in [-0.2, -0.15) is 5.26 Å². The number of nitrogens with one attached hydrogen (secondary N) is 1. The topological polar surface area (TPSA) is 71.4 Å². The molecule has 0 amide bonds. The molecule has 108 valence electrons. The van der Waals surface area contributed by atoms with Crippen LogP contribution in [-0.4, -0.2) is 31.5 Å². The zero-order valence-corrected chi connectivity index (χ0v) is 12.6. The maximum absolute atomic E-state index is 11.8. The second-order valence-electron chi connectivity index (χ2n) is 4.41. The minimum atomic E-state index is -0.894. The number of methoxy groups -OCH3 is 2. The van der Waals surface area contributed by atoms with E-state index in [-0.39, 0.29) is 5.97 Å². The minimum Gasteiger partial charge on any atom is -0.497 e. The van der Waals surface area contributed by atoms with Crippen LogP contribution < -0.4 is 10.1 Å². The summed E-state index contributed by atoms with van der Waals surface area (Å²) in [4.78, 5) is 11.8. The number of ether oxygens (including phenoxy) is 2. The van der Waals surface area contributed by atoms with Crippen molar-refractivity contribution in [2.45, 2.75) is 19.0 Å². The maximum Gasteiger partial charge on any atom is 0.326 e. The number of nitriles is 1. The molecule has 0 heterocycles. The largest absolute Gasteiger partial charge is 0.497 e. The number of carbonyl (C=O) groups is 1. The monoisotopic (exact) mass is 294 g/mol. The number of hydrogen-bond donors (Lipinski definition) is 1. The first kappa shape index (κ1) is 16.3. The Morgan fingerprint density at radius 3 is 2.55 bits per heavy atom. The van der Waals surface area contributed by atoms with Crippen molar-refractivity contribution in [3.05, 3.63) is 29.8 Å². The summed E-state index contributed by atoms with van der Waals surface area (Å²) in [6.07, 6.45) is 0. The molecule has 0 aromatic heterocycles. The summed E-state index contributed by atoms with van der Waals surface area (Å²) in [6.45, 7) is 2.23. The van der Waals surface area contributed by atoms with Crippen LogP contribution in [0.2, 0.25) is 0 Å². The van der Waals surface area contributed by atoms with Crippen molar-refractivity contribution >= 4 is 17.7 Å². The predicted octanol–water partition coefficient (Wildman–Crippen LogP) is 1.93. The molecule has 0 bridgehead atoms. The van der Waals surface area contributed by atoms with Crippen molar-refractivity contribution in [1.29, 1.82) is 5.26 Å². The average molecular weight is 294 g/mol. The Balaban J connectivity index is 2.70. The van der Waals surface area contributed by atoms with Gasteiger partial charge in [0.15, 0.2) is 0 Å². The lowest BCUT2D eigenvalue weighted by Crippen LogP contribution is -2.51. The first-order valence-corrected chi connectivity index (χ1v) is 7.01. The van der Waals surface area contributed by atoms with Crippen LogP contribution in [0.15, 0.2) is 24.3 Å². The average Bonchev–Trinajstić information content (AvgIpc) is 2.50. The lowest BCUT2D eigenvalue weighted by atomic mass is 10.1. The van der Waals surface area contributed by atoms with E-state index in [0.29, 0.717) is 12.3 Å². The van der Waals surface area contributed by atoms with E-state index in [1.54, 1.807) is 14.0 Å². The van der Waals surface area contributed by atoms with Crippen molar-refractivity contribution < 1.29 is 14.3 Å². The fourth-order valence-corrected chi connectivity index (χ4v) is 2.20. The number of thioether (sulfide) groups is 1. The van der Waals surface area contributed by atoms with Crippen LogP contribution in [0.5, 0.6) is 5.75 Å². The molecule has 0 unspecified atom stereocenters. The van der Waals surface area contributed by atoms with Crippen molar-refractivity contribution in [1.82, 2.24) is 5.32 Å². The SMILES string of the molecule is COC(=O)[C@](C)(CSC#N)NCc1ccc(OC)cc1. The summed E-state index contributed by atoms with van der Waals surface area (Å²) in [6, 6.07) is 7.55. The van der Waals surface area contributed by atoms with E-state index in [1.807, 2.05) is 29.7 Å². The van der Waals surface area contributed by atoms with E-state index in [1.165, 1.54) is 7.11 Å². The highest BCUT2D eigenvalue weighted by atomic mass is 32.2. The Morgan fingerprint density at radius 2 is 2.05 bits per heavy atom.